The van der Waals surface area contributed by atoms with Crippen LogP contribution in [0.15, 0.2) is 0 Å². The first-order chi connectivity index (χ1) is 8.61. The predicted octanol–water partition coefficient (Wildman–Crippen LogP) is 0.330. The van der Waals surface area contributed by atoms with Gasteiger partial charge in [0, 0.05) is 12.6 Å². The fraction of sp³-hybridized carbons (Fsp3) is 1.00. The highest BCUT2D eigenvalue weighted by atomic mass is 32.2. The summed E-state index contributed by atoms with van der Waals surface area (Å²) in [5, 5.41) is 3.39. The van der Waals surface area contributed by atoms with Crippen molar-refractivity contribution >= 4 is 10.0 Å². The van der Waals surface area contributed by atoms with Crippen LogP contribution in [-0.4, -0.2) is 46.5 Å². The highest BCUT2D eigenvalue weighted by molar-refractivity contribution is 7.89. The molecule has 1 unspecified atom stereocenters. The Balaban J connectivity index is 1.78. The van der Waals surface area contributed by atoms with Gasteiger partial charge in [-0.15, -0.1) is 0 Å². The average Bonchev–Trinajstić information content (AvgIpc) is 2.75. The Morgan fingerprint density at radius 1 is 1.28 bits per heavy atom. The van der Waals surface area contributed by atoms with Crippen molar-refractivity contribution in [3.05, 3.63) is 0 Å². The second kappa shape index (κ2) is 6.32. The molecule has 1 saturated heterocycles. The number of sulfonamides is 1. The molecule has 6 heteroatoms. The van der Waals surface area contributed by atoms with E-state index in [1.807, 2.05) is 6.92 Å². The smallest absolute Gasteiger partial charge is 0.214 e. The summed E-state index contributed by atoms with van der Waals surface area (Å²) >= 11 is 0. The van der Waals surface area contributed by atoms with E-state index in [2.05, 4.69) is 10.0 Å². The van der Waals surface area contributed by atoms with Crippen molar-refractivity contribution in [2.24, 2.45) is 11.8 Å². The first-order valence-electron chi connectivity index (χ1n) is 6.89. The van der Waals surface area contributed by atoms with Crippen LogP contribution < -0.4 is 10.0 Å². The zero-order valence-corrected chi connectivity index (χ0v) is 11.8. The minimum atomic E-state index is -3.18. The lowest BCUT2D eigenvalue weighted by Crippen LogP contribution is -2.42. The van der Waals surface area contributed by atoms with Crippen molar-refractivity contribution in [2.45, 2.75) is 32.2 Å². The summed E-state index contributed by atoms with van der Waals surface area (Å²) in [7, 11) is -3.18. The molecule has 2 aliphatic rings. The van der Waals surface area contributed by atoms with Gasteiger partial charge in [-0.05, 0) is 51.1 Å². The third-order valence-corrected chi connectivity index (χ3v) is 5.40. The van der Waals surface area contributed by atoms with Crippen molar-refractivity contribution in [2.75, 3.05) is 32.1 Å². The zero-order chi connectivity index (χ0) is 13.0. The Labute approximate surface area is 110 Å². The summed E-state index contributed by atoms with van der Waals surface area (Å²) in [6, 6.07) is 0.123. The normalized spacial score (nSPS) is 32.4. The molecule has 0 aromatic carbocycles. The van der Waals surface area contributed by atoms with Crippen LogP contribution >= 0.6 is 0 Å². The van der Waals surface area contributed by atoms with Crippen LogP contribution in [0.5, 0.6) is 0 Å². The molecule has 5 nitrogen and oxygen atoms in total. The lowest BCUT2D eigenvalue weighted by molar-refractivity contribution is 0.163. The average molecular weight is 276 g/mol. The van der Waals surface area contributed by atoms with Crippen LogP contribution in [0.3, 0.4) is 0 Å². The molecule has 0 spiro atoms. The van der Waals surface area contributed by atoms with Crippen LogP contribution in [0.4, 0.5) is 0 Å². The summed E-state index contributed by atoms with van der Waals surface area (Å²) in [6.45, 7) is 4.87. The quantitative estimate of drug-likeness (QED) is 0.686. The van der Waals surface area contributed by atoms with E-state index in [4.69, 9.17) is 4.74 Å². The number of rotatable bonds is 6. The molecule has 1 aliphatic heterocycles. The highest BCUT2D eigenvalue weighted by Gasteiger charge is 2.34. The number of fused-ring (bicyclic) bond motifs is 1. The summed E-state index contributed by atoms with van der Waals surface area (Å²) in [6.07, 6.45) is 3.08. The molecule has 1 aliphatic carbocycles. The van der Waals surface area contributed by atoms with Gasteiger partial charge in [0.25, 0.3) is 0 Å². The Morgan fingerprint density at radius 3 is 2.83 bits per heavy atom. The van der Waals surface area contributed by atoms with E-state index in [-0.39, 0.29) is 18.4 Å². The maximum Gasteiger partial charge on any atom is 0.214 e. The fourth-order valence-corrected chi connectivity index (χ4v) is 4.21. The molecule has 106 valence electrons. The Bertz CT molecular complexity index is 358. The summed E-state index contributed by atoms with van der Waals surface area (Å²) in [5.74, 6) is 1.48. The Kier molecular flexibility index (Phi) is 5.00. The number of nitrogens with one attached hydrogen (secondary N) is 2. The molecule has 0 amide bonds. The summed E-state index contributed by atoms with van der Waals surface area (Å²) in [5.41, 5.74) is 0. The molecule has 2 rings (SSSR count). The molecular formula is C12H24N2O3S. The van der Waals surface area contributed by atoms with Gasteiger partial charge < -0.3 is 10.1 Å². The third-order valence-electron chi connectivity index (χ3n) is 4.00. The van der Waals surface area contributed by atoms with E-state index in [0.29, 0.717) is 12.5 Å². The highest BCUT2D eigenvalue weighted by Crippen LogP contribution is 2.32. The standard InChI is InChI=1S/C12H24N2O3S/c1-2-17-5-6-18(15,16)14-12-4-3-10-8-13-9-11(10)7-12/h10-14H,2-9H2,1H3/t10-,11+,12?/m0/s1. The molecule has 1 saturated carbocycles. The molecule has 18 heavy (non-hydrogen) atoms. The van der Waals surface area contributed by atoms with E-state index in [9.17, 15) is 8.42 Å². The van der Waals surface area contributed by atoms with Crippen LogP contribution in [0.25, 0.3) is 0 Å². The van der Waals surface area contributed by atoms with Crippen molar-refractivity contribution in [1.29, 1.82) is 0 Å². The zero-order valence-electron chi connectivity index (χ0n) is 11.0. The number of ether oxygens (including phenoxy) is 1. The molecule has 0 aromatic rings. The van der Waals surface area contributed by atoms with Crippen molar-refractivity contribution in [3.63, 3.8) is 0 Å². The first kappa shape index (κ1) is 14.2. The van der Waals surface area contributed by atoms with E-state index in [0.717, 1.165) is 38.3 Å². The lowest BCUT2D eigenvalue weighted by Gasteiger charge is -2.31. The van der Waals surface area contributed by atoms with Gasteiger partial charge in [-0.1, -0.05) is 0 Å². The van der Waals surface area contributed by atoms with Crippen LogP contribution in [0, 0.1) is 11.8 Å². The second-order valence-electron chi connectivity index (χ2n) is 5.32. The Morgan fingerprint density at radius 2 is 2.06 bits per heavy atom. The van der Waals surface area contributed by atoms with Crippen molar-refractivity contribution in [1.82, 2.24) is 10.0 Å². The topological polar surface area (TPSA) is 67.4 Å². The molecule has 3 atom stereocenters. The maximum absolute atomic E-state index is 11.9. The number of hydrogen-bond acceptors (Lipinski definition) is 4. The van der Waals surface area contributed by atoms with E-state index >= 15 is 0 Å². The largest absolute Gasteiger partial charge is 0.381 e. The van der Waals surface area contributed by atoms with Gasteiger partial charge in [0.15, 0.2) is 0 Å². The second-order valence-corrected chi connectivity index (χ2v) is 7.20. The Hall–Kier alpha value is -0.170. The van der Waals surface area contributed by atoms with Crippen LogP contribution in [0.1, 0.15) is 26.2 Å². The van der Waals surface area contributed by atoms with Crippen molar-refractivity contribution in [3.8, 4) is 0 Å². The van der Waals surface area contributed by atoms with Gasteiger partial charge in [-0.25, -0.2) is 13.1 Å². The predicted molar refractivity (Wildman–Crippen MR) is 70.9 cm³/mol. The molecule has 0 radical (unpaired) electrons. The van der Waals surface area contributed by atoms with Gasteiger partial charge in [-0.2, -0.15) is 0 Å². The summed E-state index contributed by atoms with van der Waals surface area (Å²) in [4.78, 5) is 0. The van der Waals surface area contributed by atoms with Gasteiger partial charge in [0.2, 0.25) is 10.0 Å². The monoisotopic (exact) mass is 276 g/mol. The van der Waals surface area contributed by atoms with E-state index in [1.165, 1.54) is 0 Å². The first-order valence-corrected chi connectivity index (χ1v) is 8.54. The molecule has 0 aromatic heterocycles. The van der Waals surface area contributed by atoms with E-state index < -0.39 is 10.0 Å². The van der Waals surface area contributed by atoms with Crippen LogP contribution in [-0.2, 0) is 14.8 Å². The summed E-state index contributed by atoms with van der Waals surface area (Å²) < 4.78 is 31.6. The molecule has 2 fully saturated rings. The van der Waals surface area contributed by atoms with Gasteiger partial charge in [-0.3, -0.25) is 0 Å². The minimum Gasteiger partial charge on any atom is -0.381 e. The maximum atomic E-state index is 11.9. The number of hydrogen-bond donors (Lipinski definition) is 2. The van der Waals surface area contributed by atoms with Gasteiger partial charge in [0.05, 0.1) is 12.4 Å². The van der Waals surface area contributed by atoms with Gasteiger partial charge >= 0.3 is 0 Å². The molecular weight excluding hydrogens is 252 g/mol. The third kappa shape index (κ3) is 3.91. The molecule has 2 N–H and O–H groups in total. The lowest BCUT2D eigenvalue weighted by atomic mass is 9.79. The van der Waals surface area contributed by atoms with Gasteiger partial charge in [0.1, 0.15) is 0 Å². The SMILES string of the molecule is CCOCCS(=O)(=O)NC1CC[C@H]2CNC[C@H]2C1. The van der Waals surface area contributed by atoms with E-state index in [1.54, 1.807) is 0 Å². The fourth-order valence-electron chi connectivity index (χ4n) is 3.03. The van der Waals surface area contributed by atoms with Crippen molar-refractivity contribution < 1.29 is 13.2 Å². The minimum absolute atomic E-state index is 0.0731. The molecule has 1 heterocycles. The van der Waals surface area contributed by atoms with Crippen LogP contribution in [0.2, 0.25) is 0 Å². The molecule has 0 bridgehead atoms.